The summed E-state index contributed by atoms with van der Waals surface area (Å²) in [7, 11) is 1.28. The number of carbonyl (C=O) groups excluding carboxylic acids is 1. The average Bonchev–Trinajstić information content (AvgIpc) is 2.68. The highest BCUT2D eigenvalue weighted by molar-refractivity contribution is 5.85. The summed E-state index contributed by atoms with van der Waals surface area (Å²) in [6.07, 6.45) is 0. The van der Waals surface area contributed by atoms with Crippen molar-refractivity contribution in [3.8, 4) is 5.88 Å². The number of nitrogens with two attached hydrogens (primary N) is 1. The molecule has 0 fully saturated rings. The lowest BCUT2D eigenvalue weighted by atomic mass is 10.2. The summed E-state index contributed by atoms with van der Waals surface area (Å²) in [5.41, 5.74) is 6.74. The van der Waals surface area contributed by atoms with Crippen LogP contribution in [0, 0.1) is 0 Å². The Labute approximate surface area is 90.9 Å². The van der Waals surface area contributed by atoms with Crippen LogP contribution in [0.3, 0.4) is 0 Å². The number of carbonyl (C=O) groups is 1. The standard InChI is InChI=1S/C10H10N2O4/c1-14-9(13)5-15-10-7-4-6(11)2-3-8(7)16-12-10/h2-4H,5,11H2,1H3. The van der Waals surface area contributed by atoms with Gasteiger partial charge in [-0.05, 0) is 23.4 Å². The molecule has 1 aromatic heterocycles. The molecule has 6 heteroatoms. The molecule has 0 saturated carbocycles. The Morgan fingerprint density at radius 1 is 1.56 bits per heavy atom. The maximum atomic E-state index is 10.9. The highest BCUT2D eigenvalue weighted by Gasteiger charge is 2.11. The van der Waals surface area contributed by atoms with Crippen LogP contribution in [-0.4, -0.2) is 24.8 Å². The lowest BCUT2D eigenvalue weighted by Gasteiger charge is -2.00. The van der Waals surface area contributed by atoms with E-state index in [1.807, 2.05) is 0 Å². The number of nitrogens with zero attached hydrogens (tertiary/aromatic N) is 1. The first-order chi connectivity index (χ1) is 7.70. The molecule has 0 atom stereocenters. The van der Waals surface area contributed by atoms with Crippen molar-refractivity contribution in [2.75, 3.05) is 19.5 Å². The average molecular weight is 222 g/mol. The van der Waals surface area contributed by atoms with Gasteiger partial charge in [0.25, 0.3) is 5.88 Å². The molecule has 0 amide bonds. The number of hydrogen-bond acceptors (Lipinski definition) is 6. The van der Waals surface area contributed by atoms with E-state index in [0.29, 0.717) is 16.7 Å². The summed E-state index contributed by atoms with van der Waals surface area (Å²) in [6, 6.07) is 5.04. The third-order valence-electron chi connectivity index (χ3n) is 2.02. The maximum Gasteiger partial charge on any atom is 0.343 e. The molecule has 0 aliphatic carbocycles. The molecule has 0 saturated heterocycles. The summed E-state index contributed by atoms with van der Waals surface area (Å²) in [4.78, 5) is 10.9. The Hall–Kier alpha value is -2.24. The second kappa shape index (κ2) is 4.09. The minimum Gasteiger partial charge on any atom is -0.466 e. The normalized spacial score (nSPS) is 10.3. The molecular weight excluding hydrogens is 212 g/mol. The summed E-state index contributed by atoms with van der Waals surface area (Å²) in [6.45, 7) is -0.215. The largest absolute Gasteiger partial charge is 0.466 e. The Kier molecular flexibility index (Phi) is 2.63. The molecule has 84 valence electrons. The van der Waals surface area contributed by atoms with Crippen molar-refractivity contribution in [2.24, 2.45) is 0 Å². The van der Waals surface area contributed by atoms with Gasteiger partial charge in [-0.25, -0.2) is 4.79 Å². The number of hydrogen-bond donors (Lipinski definition) is 1. The molecule has 2 aromatic rings. The first-order valence-corrected chi connectivity index (χ1v) is 4.55. The molecule has 0 spiro atoms. The Morgan fingerprint density at radius 2 is 2.38 bits per heavy atom. The molecular formula is C10H10N2O4. The molecule has 0 radical (unpaired) electrons. The maximum absolute atomic E-state index is 10.9. The van der Waals surface area contributed by atoms with E-state index in [-0.39, 0.29) is 12.5 Å². The van der Waals surface area contributed by atoms with E-state index in [4.69, 9.17) is 15.0 Å². The lowest BCUT2D eigenvalue weighted by Crippen LogP contribution is -2.12. The number of nitrogen functional groups attached to an aromatic ring is 1. The van der Waals surface area contributed by atoms with Gasteiger partial charge in [0.2, 0.25) is 0 Å². The molecule has 1 heterocycles. The Balaban J connectivity index is 2.24. The second-order valence-electron chi connectivity index (χ2n) is 3.11. The van der Waals surface area contributed by atoms with Gasteiger partial charge in [-0.3, -0.25) is 0 Å². The van der Waals surface area contributed by atoms with Crippen LogP contribution in [-0.2, 0) is 9.53 Å². The predicted octanol–water partition coefficient (Wildman–Crippen LogP) is 0.962. The van der Waals surface area contributed by atoms with Crippen LogP contribution in [0.5, 0.6) is 5.88 Å². The topological polar surface area (TPSA) is 87.6 Å². The zero-order valence-electron chi connectivity index (χ0n) is 8.60. The number of esters is 1. The quantitative estimate of drug-likeness (QED) is 0.614. The molecule has 0 aliphatic heterocycles. The summed E-state index contributed by atoms with van der Waals surface area (Å²) >= 11 is 0. The third kappa shape index (κ3) is 1.90. The van der Waals surface area contributed by atoms with E-state index in [9.17, 15) is 4.79 Å². The SMILES string of the molecule is COC(=O)COc1noc2ccc(N)cc12. The van der Waals surface area contributed by atoms with Crippen molar-refractivity contribution in [1.82, 2.24) is 5.16 Å². The fraction of sp³-hybridized carbons (Fsp3) is 0.200. The molecule has 6 nitrogen and oxygen atoms in total. The first-order valence-electron chi connectivity index (χ1n) is 4.55. The highest BCUT2D eigenvalue weighted by atomic mass is 16.6. The van der Waals surface area contributed by atoms with Crippen molar-refractivity contribution in [3.05, 3.63) is 18.2 Å². The van der Waals surface area contributed by atoms with Crippen LogP contribution in [0.15, 0.2) is 22.7 Å². The van der Waals surface area contributed by atoms with Crippen molar-refractivity contribution >= 4 is 22.6 Å². The summed E-state index contributed by atoms with van der Waals surface area (Å²) < 4.78 is 14.6. The van der Waals surface area contributed by atoms with Crippen molar-refractivity contribution in [1.29, 1.82) is 0 Å². The van der Waals surface area contributed by atoms with Crippen molar-refractivity contribution in [3.63, 3.8) is 0 Å². The van der Waals surface area contributed by atoms with Crippen LogP contribution < -0.4 is 10.5 Å². The van der Waals surface area contributed by atoms with E-state index >= 15 is 0 Å². The number of benzene rings is 1. The van der Waals surface area contributed by atoms with E-state index in [1.165, 1.54) is 7.11 Å². The number of fused-ring (bicyclic) bond motifs is 1. The van der Waals surface area contributed by atoms with Crippen molar-refractivity contribution < 1.29 is 18.8 Å². The van der Waals surface area contributed by atoms with Crippen molar-refractivity contribution in [2.45, 2.75) is 0 Å². The number of anilines is 1. The van der Waals surface area contributed by atoms with Gasteiger partial charge < -0.3 is 19.7 Å². The second-order valence-corrected chi connectivity index (χ2v) is 3.11. The van der Waals surface area contributed by atoms with Gasteiger partial charge in [0, 0.05) is 5.69 Å². The molecule has 2 rings (SSSR count). The fourth-order valence-corrected chi connectivity index (χ4v) is 1.22. The fourth-order valence-electron chi connectivity index (χ4n) is 1.22. The van der Waals surface area contributed by atoms with E-state index < -0.39 is 5.97 Å². The minimum atomic E-state index is -0.486. The smallest absolute Gasteiger partial charge is 0.343 e. The van der Waals surface area contributed by atoms with Crippen LogP contribution in [0.1, 0.15) is 0 Å². The zero-order chi connectivity index (χ0) is 11.5. The Morgan fingerprint density at radius 3 is 3.12 bits per heavy atom. The zero-order valence-corrected chi connectivity index (χ0v) is 8.60. The molecule has 16 heavy (non-hydrogen) atoms. The van der Waals surface area contributed by atoms with E-state index in [1.54, 1.807) is 18.2 Å². The van der Waals surface area contributed by atoms with Gasteiger partial charge >= 0.3 is 5.97 Å². The molecule has 2 N–H and O–H groups in total. The van der Waals surface area contributed by atoms with Gasteiger partial charge in [-0.1, -0.05) is 0 Å². The minimum absolute atomic E-state index is 0.215. The summed E-state index contributed by atoms with van der Waals surface area (Å²) in [5, 5.41) is 4.31. The van der Waals surface area contributed by atoms with E-state index in [2.05, 4.69) is 9.89 Å². The van der Waals surface area contributed by atoms with Gasteiger partial charge in [-0.2, -0.15) is 0 Å². The van der Waals surface area contributed by atoms with Gasteiger partial charge in [-0.15, -0.1) is 0 Å². The number of aromatic nitrogens is 1. The molecule has 0 aliphatic rings. The van der Waals surface area contributed by atoms with Gasteiger partial charge in [0.1, 0.15) is 0 Å². The van der Waals surface area contributed by atoms with Crippen LogP contribution in [0.2, 0.25) is 0 Å². The lowest BCUT2D eigenvalue weighted by molar-refractivity contribution is -0.143. The molecule has 0 unspecified atom stereocenters. The number of ether oxygens (including phenoxy) is 2. The third-order valence-corrected chi connectivity index (χ3v) is 2.02. The first kappa shape index (κ1) is 10.3. The van der Waals surface area contributed by atoms with E-state index in [0.717, 1.165) is 0 Å². The predicted molar refractivity (Wildman–Crippen MR) is 55.9 cm³/mol. The van der Waals surface area contributed by atoms with Crippen LogP contribution in [0.4, 0.5) is 5.69 Å². The van der Waals surface area contributed by atoms with Gasteiger partial charge in [0.05, 0.1) is 12.5 Å². The highest BCUT2D eigenvalue weighted by Crippen LogP contribution is 2.26. The Bertz CT molecular complexity index is 521. The summed E-state index contributed by atoms with van der Waals surface area (Å²) in [5.74, 6) is -0.257. The monoisotopic (exact) mass is 222 g/mol. The number of rotatable bonds is 3. The molecule has 0 bridgehead atoms. The van der Waals surface area contributed by atoms with Crippen LogP contribution in [0.25, 0.3) is 11.0 Å². The van der Waals surface area contributed by atoms with Crippen LogP contribution >= 0.6 is 0 Å². The molecule has 1 aromatic carbocycles. The van der Waals surface area contributed by atoms with Gasteiger partial charge in [0.15, 0.2) is 12.2 Å². The number of methoxy groups -OCH3 is 1.